The Balaban J connectivity index is 1.17. The highest BCUT2D eigenvalue weighted by Gasteiger charge is 2.69. The monoisotopic (exact) mass is 796 g/mol. The fourth-order valence-electron chi connectivity index (χ4n) is 13.7. The number of allylic oxidation sites excluding steroid dienone is 2. The van der Waals surface area contributed by atoms with E-state index in [4.69, 9.17) is 18.9 Å². The lowest BCUT2D eigenvalue weighted by molar-refractivity contribution is -0.375. The fourth-order valence-corrected chi connectivity index (χ4v) is 13.7. The Morgan fingerprint density at radius 2 is 1.45 bits per heavy atom. The second kappa shape index (κ2) is 14.4. The quantitative estimate of drug-likeness (QED) is 0.132. The van der Waals surface area contributed by atoms with Crippen LogP contribution in [0.3, 0.4) is 0 Å². The second-order valence-electron chi connectivity index (χ2n) is 20.8. The van der Waals surface area contributed by atoms with Crippen LogP contribution in [0.1, 0.15) is 106 Å². The Labute approximate surface area is 330 Å². The highest BCUT2D eigenvalue weighted by Crippen LogP contribution is 2.76. The Morgan fingerprint density at radius 3 is 2.09 bits per heavy atom. The summed E-state index contributed by atoms with van der Waals surface area (Å²) in [6, 6.07) is 0. The minimum atomic E-state index is -1.97. The van der Waals surface area contributed by atoms with Crippen LogP contribution in [0, 0.1) is 50.2 Å². The zero-order chi connectivity index (χ0) is 41.1. The molecule has 14 nitrogen and oxygen atoms in total. The van der Waals surface area contributed by atoms with Crippen LogP contribution in [0.4, 0.5) is 0 Å². The Hall–Kier alpha value is -1.27. The van der Waals surface area contributed by atoms with E-state index in [0.29, 0.717) is 18.3 Å². The molecule has 0 aromatic carbocycles. The molecule has 3 unspecified atom stereocenters. The molecule has 5 aliphatic carbocycles. The molecular weight excluding hydrogens is 728 g/mol. The van der Waals surface area contributed by atoms with Crippen LogP contribution in [0.2, 0.25) is 0 Å². The molecule has 4 saturated carbocycles. The molecule has 20 atom stereocenters. The molecule has 14 heteroatoms. The van der Waals surface area contributed by atoms with Gasteiger partial charge in [-0.25, -0.2) is 4.79 Å². The van der Waals surface area contributed by atoms with E-state index >= 15 is 0 Å². The Kier molecular flexibility index (Phi) is 11.0. The standard InChI is InChI=1S/C42H68O14/c1-37(2)16-21-20-8-9-24-39(4)12-11-26(40(5,19-44)23(39)10-13-42(24,7)41(20,6)15-14-38(21,3)25(45)17-37)54-36-33(30(49)29(48)32(55-36)34(51)52)56-35-31(50)28(47)27(46)22(18-43)53-35/h8,21-33,35-36,43-50H,9-19H2,1-7H3,(H,51,52)/t21?,22-,23?,24?,25-,26+,27-,28+,29+,30+,31-,32+,33-,35+,36-,38-,39+,40-,41-,42-/m1/s1. The number of fused-ring (bicyclic) bond motifs is 7. The van der Waals surface area contributed by atoms with E-state index in [1.165, 1.54) is 5.57 Å². The number of rotatable bonds is 7. The lowest BCUT2D eigenvalue weighted by Gasteiger charge is -2.72. The molecule has 320 valence electrons. The number of carbonyl (C=O) groups is 1. The molecule has 7 rings (SSSR count). The van der Waals surface area contributed by atoms with Crippen molar-refractivity contribution >= 4 is 5.97 Å². The van der Waals surface area contributed by atoms with Crippen molar-refractivity contribution in [3.05, 3.63) is 11.6 Å². The maximum atomic E-state index is 12.2. The number of aliphatic hydroxyl groups is 8. The van der Waals surface area contributed by atoms with Crippen LogP contribution in [0.5, 0.6) is 0 Å². The summed E-state index contributed by atoms with van der Waals surface area (Å²) in [7, 11) is 0. The summed E-state index contributed by atoms with van der Waals surface area (Å²) in [4.78, 5) is 12.2. The van der Waals surface area contributed by atoms with Gasteiger partial charge in [0.2, 0.25) is 0 Å². The van der Waals surface area contributed by atoms with Crippen LogP contribution in [-0.2, 0) is 23.7 Å². The minimum absolute atomic E-state index is 0.0149. The van der Waals surface area contributed by atoms with Gasteiger partial charge in [-0.15, -0.1) is 0 Å². The predicted octanol–water partition coefficient (Wildman–Crippen LogP) is 1.85. The number of ether oxygens (including phenoxy) is 4. The maximum Gasteiger partial charge on any atom is 0.335 e. The van der Waals surface area contributed by atoms with Crippen LogP contribution in [-0.4, -0.2) is 139 Å². The van der Waals surface area contributed by atoms with Gasteiger partial charge in [0.15, 0.2) is 18.7 Å². The van der Waals surface area contributed by atoms with Gasteiger partial charge in [0.05, 0.1) is 25.4 Å². The Bertz CT molecular complexity index is 1520. The van der Waals surface area contributed by atoms with Crippen LogP contribution in [0.15, 0.2) is 11.6 Å². The molecule has 0 bridgehead atoms. The van der Waals surface area contributed by atoms with Crippen LogP contribution >= 0.6 is 0 Å². The highest BCUT2D eigenvalue weighted by molar-refractivity contribution is 5.73. The summed E-state index contributed by atoms with van der Waals surface area (Å²) in [5.41, 5.74) is 0.271. The molecular formula is C42H68O14. The van der Waals surface area contributed by atoms with Crippen molar-refractivity contribution in [2.45, 2.75) is 180 Å². The zero-order valence-corrected chi connectivity index (χ0v) is 34.1. The van der Waals surface area contributed by atoms with E-state index in [0.717, 1.165) is 51.4 Å². The van der Waals surface area contributed by atoms with Crippen molar-refractivity contribution in [1.82, 2.24) is 0 Å². The highest BCUT2D eigenvalue weighted by atomic mass is 16.8. The molecule has 0 aromatic heterocycles. The number of carboxylic acids is 1. The third-order valence-electron chi connectivity index (χ3n) is 17.4. The maximum absolute atomic E-state index is 12.2. The Morgan fingerprint density at radius 1 is 0.750 bits per heavy atom. The van der Waals surface area contributed by atoms with E-state index < -0.39 is 85.5 Å². The molecule has 2 heterocycles. The van der Waals surface area contributed by atoms with Gasteiger partial charge in [0.25, 0.3) is 0 Å². The normalized spacial score (nSPS) is 55.5. The van der Waals surface area contributed by atoms with E-state index in [2.05, 4.69) is 47.6 Å². The van der Waals surface area contributed by atoms with Crippen LogP contribution < -0.4 is 0 Å². The van der Waals surface area contributed by atoms with Gasteiger partial charge < -0.3 is 64.9 Å². The molecule has 7 aliphatic rings. The van der Waals surface area contributed by atoms with Gasteiger partial charge in [-0.2, -0.15) is 0 Å². The molecule has 2 saturated heterocycles. The third-order valence-corrected chi connectivity index (χ3v) is 17.4. The van der Waals surface area contributed by atoms with Gasteiger partial charge in [-0.1, -0.05) is 60.1 Å². The summed E-state index contributed by atoms with van der Waals surface area (Å²) < 4.78 is 23.8. The predicted molar refractivity (Wildman–Crippen MR) is 199 cm³/mol. The first-order valence-electron chi connectivity index (χ1n) is 20.9. The fraction of sp³-hybridized carbons (Fsp3) is 0.929. The summed E-state index contributed by atoms with van der Waals surface area (Å²) in [6.07, 6.45) is -8.23. The summed E-state index contributed by atoms with van der Waals surface area (Å²) in [5.74, 6) is -0.954. The molecule has 2 aliphatic heterocycles. The van der Waals surface area contributed by atoms with Crippen molar-refractivity contribution in [3.8, 4) is 0 Å². The van der Waals surface area contributed by atoms with E-state index in [1.807, 2.05) is 6.92 Å². The van der Waals surface area contributed by atoms with E-state index in [1.54, 1.807) is 0 Å². The molecule has 6 fully saturated rings. The van der Waals surface area contributed by atoms with Crippen molar-refractivity contribution < 1.29 is 69.7 Å². The van der Waals surface area contributed by atoms with Gasteiger partial charge >= 0.3 is 5.97 Å². The number of aliphatic carboxylic acids is 1. The van der Waals surface area contributed by atoms with Gasteiger partial charge in [-0.3, -0.25) is 0 Å². The largest absolute Gasteiger partial charge is 0.479 e. The summed E-state index contributed by atoms with van der Waals surface area (Å²) >= 11 is 0. The van der Waals surface area contributed by atoms with Crippen molar-refractivity contribution in [1.29, 1.82) is 0 Å². The first-order valence-corrected chi connectivity index (χ1v) is 20.9. The first kappa shape index (κ1) is 42.8. The smallest absolute Gasteiger partial charge is 0.335 e. The van der Waals surface area contributed by atoms with Gasteiger partial charge in [0, 0.05) is 10.8 Å². The van der Waals surface area contributed by atoms with Crippen molar-refractivity contribution in [3.63, 3.8) is 0 Å². The SMILES string of the molecule is CC1(C)CC2C3=CCC4[C@@]5(C)CC[C@H](O[C@@H]6O[C@H](C(=O)O)[C@@H](O)[C@H](O)[C@H]6O[C@@H]6O[C@H](CO)[C@@H](O)[C@H](O)[C@H]6O)[C@](C)(CO)C5CC[C@@]4(C)[C@]3(C)CC[C@@]2(C)[C@H](O)C1. The molecule has 9 N–H and O–H groups in total. The third kappa shape index (κ3) is 6.21. The molecule has 56 heavy (non-hydrogen) atoms. The average Bonchev–Trinajstić information content (AvgIpc) is 3.13. The molecule has 0 amide bonds. The minimum Gasteiger partial charge on any atom is -0.479 e. The average molecular weight is 797 g/mol. The molecule has 0 aromatic rings. The lowest BCUT2D eigenvalue weighted by atomic mass is 9.33. The number of hydrogen-bond donors (Lipinski definition) is 9. The van der Waals surface area contributed by atoms with Crippen LogP contribution in [0.25, 0.3) is 0 Å². The zero-order valence-electron chi connectivity index (χ0n) is 34.1. The van der Waals surface area contributed by atoms with Crippen molar-refractivity contribution in [2.24, 2.45) is 50.2 Å². The topological polar surface area (TPSA) is 236 Å². The molecule has 0 radical (unpaired) electrons. The van der Waals surface area contributed by atoms with Crippen molar-refractivity contribution in [2.75, 3.05) is 13.2 Å². The molecule has 0 spiro atoms. The first-order chi connectivity index (χ1) is 26.0. The van der Waals surface area contributed by atoms with Gasteiger partial charge in [0.1, 0.15) is 42.7 Å². The summed E-state index contributed by atoms with van der Waals surface area (Å²) in [5, 5.41) is 96.0. The number of carboxylic acid groups (broad SMARTS) is 1. The number of hydrogen-bond acceptors (Lipinski definition) is 13. The summed E-state index contributed by atoms with van der Waals surface area (Å²) in [6.45, 7) is 15.2. The van der Waals surface area contributed by atoms with Gasteiger partial charge in [-0.05, 0) is 97.2 Å². The lowest BCUT2D eigenvalue weighted by Crippen LogP contribution is -2.68. The van der Waals surface area contributed by atoms with E-state index in [9.17, 15) is 50.8 Å². The second-order valence-corrected chi connectivity index (χ2v) is 20.8. The van der Waals surface area contributed by atoms with E-state index in [-0.39, 0.29) is 45.7 Å². The number of aliphatic hydroxyl groups excluding tert-OH is 8.